The third-order valence-electron chi connectivity index (χ3n) is 3.19. The number of rotatable bonds is 6. The average Bonchev–Trinajstić information content (AvgIpc) is 3.12. The fourth-order valence-electron chi connectivity index (χ4n) is 2.06. The molecule has 3 rings (SSSR count). The zero-order chi connectivity index (χ0) is 15.9. The molecule has 0 unspecified atom stereocenters. The Balaban J connectivity index is 1.84. The van der Waals surface area contributed by atoms with Gasteiger partial charge in [0.25, 0.3) is 0 Å². The first-order valence-electron chi connectivity index (χ1n) is 7.09. The summed E-state index contributed by atoms with van der Waals surface area (Å²) in [6, 6.07) is 15.6. The highest BCUT2D eigenvalue weighted by molar-refractivity contribution is 5.85. The molecule has 0 aliphatic heterocycles. The second-order valence-corrected chi connectivity index (χ2v) is 4.74. The Bertz CT molecular complexity index is 771. The van der Waals surface area contributed by atoms with Gasteiger partial charge in [0, 0.05) is 5.56 Å². The molecule has 0 atom stereocenters. The summed E-state index contributed by atoms with van der Waals surface area (Å²) in [5.41, 5.74) is 1.90. The molecule has 0 saturated carbocycles. The Morgan fingerprint density at radius 3 is 2.57 bits per heavy atom. The third kappa shape index (κ3) is 3.74. The fraction of sp³-hybridized carbons (Fsp3) is 0.118. The minimum Gasteiger partial charge on any atom is -0.493 e. The van der Waals surface area contributed by atoms with Gasteiger partial charge in [0.15, 0.2) is 11.5 Å². The van der Waals surface area contributed by atoms with E-state index < -0.39 is 0 Å². The van der Waals surface area contributed by atoms with Gasteiger partial charge < -0.3 is 9.47 Å². The number of benzene rings is 2. The maximum atomic E-state index is 5.96. The van der Waals surface area contributed by atoms with Gasteiger partial charge in [-0.3, -0.25) is 0 Å². The van der Waals surface area contributed by atoms with E-state index in [-0.39, 0.29) is 0 Å². The molecule has 1 aromatic heterocycles. The maximum absolute atomic E-state index is 5.96. The van der Waals surface area contributed by atoms with Crippen molar-refractivity contribution in [3.63, 3.8) is 0 Å². The van der Waals surface area contributed by atoms with Crippen LogP contribution in [0.4, 0.5) is 0 Å². The molecule has 0 fully saturated rings. The van der Waals surface area contributed by atoms with E-state index in [0.717, 1.165) is 11.1 Å². The third-order valence-corrected chi connectivity index (χ3v) is 3.19. The summed E-state index contributed by atoms with van der Waals surface area (Å²) < 4.78 is 12.9. The number of para-hydroxylation sites is 1. The zero-order valence-electron chi connectivity index (χ0n) is 12.7. The Morgan fingerprint density at radius 2 is 1.83 bits per heavy atom. The van der Waals surface area contributed by atoms with Gasteiger partial charge in [-0.15, -0.1) is 10.2 Å². The van der Waals surface area contributed by atoms with Crippen LogP contribution in [0.5, 0.6) is 11.5 Å². The molecular weight excluding hydrogens is 292 g/mol. The van der Waals surface area contributed by atoms with Gasteiger partial charge in [0.2, 0.25) is 0 Å². The molecule has 6 heteroatoms. The van der Waals surface area contributed by atoms with Crippen molar-refractivity contribution in [2.45, 2.75) is 6.61 Å². The van der Waals surface area contributed by atoms with Gasteiger partial charge in [-0.1, -0.05) is 36.4 Å². The van der Waals surface area contributed by atoms with E-state index in [2.05, 4.69) is 15.3 Å². The number of hydrogen-bond donors (Lipinski definition) is 0. The fourth-order valence-corrected chi connectivity index (χ4v) is 2.06. The van der Waals surface area contributed by atoms with Crippen molar-refractivity contribution >= 4 is 6.21 Å². The molecule has 0 N–H and O–H groups in total. The van der Waals surface area contributed by atoms with Crippen LogP contribution in [0, 0.1) is 0 Å². The first-order chi connectivity index (χ1) is 11.4. The van der Waals surface area contributed by atoms with E-state index in [1.807, 2.05) is 48.5 Å². The Hall–Kier alpha value is -3.15. The molecular formula is C17H16N4O2. The second-order valence-electron chi connectivity index (χ2n) is 4.74. The highest BCUT2D eigenvalue weighted by Crippen LogP contribution is 2.30. The van der Waals surface area contributed by atoms with Crippen molar-refractivity contribution in [2.24, 2.45) is 5.10 Å². The Kier molecular flexibility index (Phi) is 4.63. The summed E-state index contributed by atoms with van der Waals surface area (Å²) in [4.78, 5) is 0. The minimum atomic E-state index is 0.453. The highest BCUT2D eigenvalue weighted by Gasteiger charge is 2.09. The van der Waals surface area contributed by atoms with Gasteiger partial charge in [0.1, 0.15) is 19.3 Å². The number of ether oxygens (including phenoxy) is 2. The van der Waals surface area contributed by atoms with E-state index in [4.69, 9.17) is 9.47 Å². The molecule has 0 bridgehead atoms. The van der Waals surface area contributed by atoms with E-state index >= 15 is 0 Å². The van der Waals surface area contributed by atoms with Crippen LogP contribution in [0.3, 0.4) is 0 Å². The lowest BCUT2D eigenvalue weighted by molar-refractivity contribution is 0.284. The van der Waals surface area contributed by atoms with Crippen molar-refractivity contribution in [3.05, 3.63) is 72.3 Å². The molecule has 0 saturated heterocycles. The van der Waals surface area contributed by atoms with Crippen molar-refractivity contribution < 1.29 is 9.47 Å². The van der Waals surface area contributed by atoms with Gasteiger partial charge in [0.05, 0.1) is 13.3 Å². The standard InChI is InChI=1S/C17H16N4O2/c1-22-16-9-5-8-15(10-20-21-12-18-19-13-21)17(16)23-11-14-6-3-2-4-7-14/h2-10,12-13H,11H2,1H3/b20-10+. The number of hydrogen-bond acceptors (Lipinski definition) is 5. The SMILES string of the molecule is COc1cccc(/C=N/n2cnnc2)c1OCc1ccccc1. The monoisotopic (exact) mass is 308 g/mol. The van der Waals surface area contributed by atoms with E-state index in [1.54, 1.807) is 13.3 Å². The first-order valence-corrected chi connectivity index (χ1v) is 7.09. The van der Waals surface area contributed by atoms with Crippen LogP contribution in [-0.2, 0) is 6.61 Å². The summed E-state index contributed by atoms with van der Waals surface area (Å²) >= 11 is 0. The Morgan fingerprint density at radius 1 is 1.04 bits per heavy atom. The molecule has 0 aliphatic rings. The predicted octanol–water partition coefficient (Wildman–Crippen LogP) is 2.75. The number of aromatic nitrogens is 3. The lowest BCUT2D eigenvalue weighted by atomic mass is 10.2. The van der Waals surface area contributed by atoms with Crippen LogP contribution in [0.2, 0.25) is 0 Å². The quantitative estimate of drug-likeness (QED) is 0.657. The molecule has 23 heavy (non-hydrogen) atoms. The lowest BCUT2D eigenvalue weighted by Crippen LogP contribution is -2.01. The van der Waals surface area contributed by atoms with Crippen LogP contribution in [0.1, 0.15) is 11.1 Å². The smallest absolute Gasteiger partial charge is 0.170 e. The first kappa shape index (κ1) is 14.8. The lowest BCUT2D eigenvalue weighted by Gasteiger charge is -2.13. The normalized spacial score (nSPS) is 10.8. The molecule has 116 valence electrons. The second kappa shape index (κ2) is 7.22. The topological polar surface area (TPSA) is 61.5 Å². The number of nitrogens with zero attached hydrogens (tertiary/aromatic N) is 4. The van der Waals surface area contributed by atoms with Crippen LogP contribution in [0.15, 0.2) is 66.3 Å². The van der Waals surface area contributed by atoms with E-state index in [9.17, 15) is 0 Å². The van der Waals surface area contributed by atoms with Crippen molar-refractivity contribution in [1.82, 2.24) is 14.9 Å². The molecule has 0 spiro atoms. The summed E-state index contributed by atoms with van der Waals surface area (Å²) in [5, 5.41) is 11.7. The number of methoxy groups -OCH3 is 1. The van der Waals surface area contributed by atoms with Gasteiger partial charge in [-0.25, -0.2) is 4.68 Å². The van der Waals surface area contributed by atoms with Crippen molar-refractivity contribution in [1.29, 1.82) is 0 Å². The molecule has 3 aromatic rings. The molecule has 2 aromatic carbocycles. The van der Waals surface area contributed by atoms with Crippen LogP contribution >= 0.6 is 0 Å². The predicted molar refractivity (Wildman–Crippen MR) is 86.8 cm³/mol. The Labute approximate surface area is 134 Å². The summed E-state index contributed by atoms with van der Waals surface area (Å²) in [7, 11) is 1.62. The van der Waals surface area contributed by atoms with Gasteiger partial charge in [-0.05, 0) is 17.7 Å². The minimum absolute atomic E-state index is 0.453. The molecule has 0 amide bonds. The van der Waals surface area contributed by atoms with Crippen LogP contribution in [0.25, 0.3) is 0 Å². The zero-order valence-corrected chi connectivity index (χ0v) is 12.7. The van der Waals surface area contributed by atoms with E-state index in [0.29, 0.717) is 18.1 Å². The summed E-state index contributed by atoms with van der Waals surface area (Å²) in [6.45, 7) is 0.453. The van der Waals surface area contributed by atoms with Crippen LogP contribution < -0.4 is 9.47 Å². The molecule has 0 aliphatic carbocycles. The summed E-state index contributed by atoms with van der Waals surface area (Å²) in [5.74, 6) is 1.31. The van der Waals surface area contributed by atoms with Gasteiger partial charge in [-0.2, -0.15) is 5.10 Å². The van der Waals surface area contributed by atoms with Crippen LogP contribution in [-0.4, -0.2) is 28.2 Å². The molecule has 0 radical (unpaired) electrons. The van der Waals surface area contributed by atoms with Crippen molar-refractivity contribution in [3.8, 4) is 11.5 Å². The largest absolute Gasteiger partial charge is 0.493 e. The maximum Gasteiger partial charge on any atom is 0.170 e. The summed E-state index contributed by atoms with van der Waals surface area (Å²) in [6.07, 6.45) is 4.72. The van der Waals surface area contributed by atoms with E-state index in [1.165, 1.54) is 17.3 Å². The average molecular weight is 308 g/mol. The van der Waals surface area contributed by atoms with Gasteiger partial charge >= 0.3 is 0 Å². The molecule has 1 heterocycles. The van der Waals surface area contributed by atoms with Crippen molar-refractivity contribution in [2.75, 3.05) is 7.11 Å². The molecule has 6 nitrogen and oxygen atoms in total. The highest BCUT2D eigenvalue weighted by atomic mass is 16.5.